The molecule has 0 N–H and O–H groups in total. The van der Waals surface area contributed by atoms with Crippen LogP contribution < -0.4 is 4.31 Å². The first-order valence-electron chi connectivity index (χ1n) is 6.43. The zero-order valence-corrected chi connectivity index (χ0v) is 12.1. The summed E-state index contributed by atoms with van der Waals surface area (Å²) in [6, 6.07) is 13.7. The molecule has 1 heterocycles. The van der Waals surface area contributed by atoms with Gasteiger partial charge >= 0.3 is 0 Å². The largest absolute Gasteiger partial charge is 0.267 e. The molecule has 0 fully saturated rings. The molecule has 0 aliphatic heterocycles. The second kappa shape index (κ2) is 5.17. The first kappa shape index (κ1) is 13.6. The normalized spacial score (nSPS) is 11.7. The summed E-state index contributed by atoms with van der Waals surface area (Å²) >= 11 is 0. The highest BCUT2D eigenvalue weighted by Gasteiger charge is 2.27. The van der Waals surface area contributed by atoms with Crippen LogP contribution in [0.1, 0.15) is 6.92 Å². The highest BCUT2D eigenvalue weighted by atomic mass is 32.2. The molecule has 0 saturated carbocycles. The summed E-state index contributed by atoms with van der Waals surface area (Å²) in [4.78, 5) is 0.0898. The lowest BCUT2D eigenvalue weighted by molar-refractivity contribution is 0.315. The Labute approximate surface area is 122 Å². The van der Waals surface area contributed by atoms with Gasteiger partial charge in [0.05, 0.1) is 5.69 Å². The van der Waals surface area contributed by atoms with Gasteiger partial charge in [0.1, 0.15) is 10.4 Å². The van der Waals surface area contributed by atoms with Crippen LogP contribution in [0.15, 0.2) is 58.1 Å². The van der Waals surface area contributed by atoms with E-state index in [1.807, 2.05) is 6.07 Å². The Balaban J connectivity index is 2.17. The van der Waals surface area contributed by atoms with Gasteiger partial charge in [-0.15, -0.1) is 0 Å². The van der Waals surface area contributed by atoms with Crippen LogP contribution in [0, 0.1) is 0 Å². The number of nitrogens with zero attached hydrogens (tertiary/aromatic N) is 3. The minimum atomic E-state index is -3.73. The average molecular weight is 303 g/mol. The van der Waals surface area contributed by atoms with Gasteiger partial charge in [0.25, 0.3) is 10.0 Å². The van der Waals surface area contributed by atoms with Crippen molar-refractivity contribution in [3.8, 4) is 0 Å². The molecule has 3 aromatic rings. The summed E-state index contributed by atoms with van der Waals surface area (Å²) < 4.78 is 31.8. The van der Waals surface area contributed by atoms with E-state index in [4.69, 9.17) is 0 Å². The Morgan fingerprint density at radius 3 is 2.52 bits per heavy atom. The maximum absolute atomic E-state index is 12.9. The molecule has 7 heteroatoms. The molecular formula is C14H13N3O3S. The molecule has 0 bridgehead atoms. The van der Waals surface area contributed by atoms with E-state index >= 15 is 0 Å². The van der Waals surface area contributed by atoms with E-state index < -0.39 is 10.0 Å². The fraction of sp³-hybridized carbons (Fsp3) is 0.143. The van der Waals surface area contributed by atoms with Crippen molar-refractivity contribution in [2.45, 2.75) is 11.8 Å². The number of benzene rings is 2. The molecule has 0 unspecified atom stereocenters. The zero-order chi connectivity index (χ0) is 14.9. The second-order valence-corrected chi connectivity index (χ2v) is 6.22. The Morgan fingerprint density at radius 1 is 1.05 bits per heavy atom. The van der Waals surface area contributed by atoms with Crippen LogP contribution in [0.4, 0.5) is 5.69 Å². The fourth-order valence-electron chi connectivity index (χ4n) is 2.19. The van der Waals surface area contributed by atoms with E-state index in [9.17, 15) is 8.42 Å². The quantitative estimate of drug-likeness (QED) is 0.740. The van der Waals surface area contributed by atoms with Crippen molar-refractivity contribution < 1.29 is 13.0 Å². The molecule has 6 nitrogen and oxygen atoms in total. The molecule has 0 spiro atoms. The molecular weight excluding hydrogens is 290 g/mol. The van der Waals surface area contributed by atoms with Crippen molar-refractivity contribution in [3.63, 3.8) is 0 Å². The predicted octanol–water partition coefficient (Wildman–Crippen LogP) is 2.44. The number of fused-ring (bicyclic) bond motifs is 1. The summed E-state index contributed by atoms with van der Waals surface area (Å²) in [5, 5.41) is 7.39. The van der Waals surface area contributed by atoms with Crippen LogP contribution in [-0.4, -0.2) is 25.3 Å². The van der Waals surface area contributed by atoms with Crippen molar-refractivity contribution in [2.24, 2.45) is 0 Å². The van der Waals surface area contributed by atoms with Gasteiger partial charge in [0, 0.05) is 6.54 Å². The molecule has 0 aliphatic carbocycles. The molecule has 0 aliphatic rings. The molecule has 0 radical (unpaired) electrons. The molecule has 0 saturated heterocycles. The van der Waals surface area contributed by atoms with E-state index in [-0.39, 0.29) is 10.4 Å². The smallest absolute Gasteiger partial charge is 0.266 e. The number of para-hydroxylation sites is 1. The van der Waals surface area contributed by atoms with Crippen molar-refractivity contribution in [3.05, 3.63) is 48.5 Å². The lowest BCUT2D eigenvalue weighted by Crippen LogP contribution is -2.30. The third-order valence-electron chi connectivity index (χ3n) is 3.15. The zero-order valence-electron chi connectivity index (χ0n) is 11.3. The van der Waals surface area contributed by atoms with Crippen molar-refractivity contribution >= 4 is 26.7 Å². The van der Waals surface area contributed by atoms with Gasteiger partial charge in [0.15, 0.2) is 5.52 Å². The maximum Gasteiger partial charge on any atom is 0.266 e. The average Bonchev–Trinajstić information content (AvgIpc) is 2.97. The second-order valence-electron chi connectivity index (χ2n) is 4.39. The minimum absolute atomic E-state index is 0.0898. The Kier molecular flexibility index (Phi) is 3.34. The summed E-state index contributed by atoms with van der Waals surface area (Å²) in [6.07, 6.45) is 0. The van der Waals surface area contributed by atoms with Gasteiger partial charge in [-0.25, -0.2) is 13.0 Å². The van der Waals surface area contributed by atoms with Crippen molar-refractivity contribution in [2.75, 3.05) is 10.8 Å². The van der Waals surface area contributed by atoms with Gasteiger partial charge in [0.2, 0.25) is 0 Å². The number of sulfonamides is 1. The SMILES string of the molecule is CCN(c1ccccc1)S(=O)(=O)c1cccc2nonc12. The first-order chi connectivity index (χ1) is 10.1. The standard InChI is InChI=1S/C14H13N3O3S/c1-2-17(11-7-4-3-5-8-11)21(18,19)13-10-6-9-12-14(13)16-20-15-12/h3-10H,2H2,1H3. The fourth-order valence-corrected chi connectivity index (χ4v) is 3.81. The topological polar surface area (TPSA) is 76.3 Å². The van der Waals surface area contributed by atoms with Crippen molar-refractivity contribution in [1.82, 2.24) is 10.3 Å². The molecule has 1 aromatic heterocycles. The monoisotopic (exact) mass is 303 g/mol. The Bertz CT molecular complexity index is 859. The highest BCUT2D eigenvalue weighted by Crippen LogP contribution is 2.27. The summed E-state index contributed by atoms with van der Waals surface area (Å²) in [6.45, 7) is 2.10. The van der Waals surface area contributed by atoms with Crippen molar-refractivity contribution in [1.29, 1.82) is 0 Å². The maximum atomic E-state index is 12.9. The number of hydrogen-bond acceptors (Lipinski definition) is 5. The van der Waals surface area contributed by atoms with E-state index in [0.29, 0.717) is 17.7 Å². The summed E-state index contributed by atoms with van der Waals surface area (Å²) in [5.41, 5.74) is 1.26. The van der Waals surface area contributed by atoms with Gasteiger partial charge < -0.3 is 0 Å². The number of aromatic nitrogens is 2. The van der Waals surface area contributed by atoms with Gasteiger partial charge in [-0.1, -0.05) is 24.3 Å². The Morgan fingerprint density at radius 2 is 1.81 bits per heavy atom. The molecule has 0 amide bonds. The van der Waals surface area contributed by atoms with E-state index in [1.165, 1.54) is 10.4 Å². The number of rotatable bonds is 4. The van der Waals surface area contributed by atoms with Gasteiger partial charge in [-0.2, -0.15) is 0 Å². The minimum Gasteiger partial charge on any atom is -0.267 e. The summed E-state index contributed by atoms with van der Waals surface area (Å²) in [7, 11) is -3.73. The molecule has 108 valence electrons. The lowest BCUT2D eigenvalue weighted by Gasteiger charge is -2.22. The van der Waals surface area contributed by atoms with Crippen LogP contribution >= 0.6 is 0 Å². The first-order valence-corrected chi connectivity index (χ1v) is 7.87. The number of hydrogen-bond donors (Lipinski definition) is 0. The van der Waals surface area contributed by atoms with Crippen LogP contribution in [0.5, 0.6) is 0 Å². The number of anilines is 1. The van der Waals surface area contributed by atoms with Crippen LogP contribution in [-0.2, 0) is 10.0 Å². The molecule has 3 rings (SSSR count). The Hall–Kier alpha value is -2.41. The van der Waals surface area contributed by atoms with Crippen LogP contribution in [0.3, 0.4) is 0 Å². The summed E-state index contributed by atoms with van der Waals surface area (Å²) in [5.74, 6) is 0. The molecule has 2 aromatic carbocycles. The third-order valence-corrected chi connectivity index (χ3v) is 5.08. The van der Waals surface area contributed by atoms with E-state index in [2.05, 4.69) is 14.9 Å². The van der Waals surface area contributed by atoms with E-state index in [1.54, 1.807) is 43.3 Å². The third kappa shape index (κ3) is 2.25. The van der Waals surface area contributed by atoms with Gasteiger partial charge in [-0.3, -0.25) is 4.31 Å². The van der Waals surface area contributed by atoms with Crippen LogP contribution in [0.2, 0.25) is 0 Å². The van der Waals surface area contributed by atoms with Crippen LogP contribution in [0.25, 0.3) is 11.0 Å². The van der Waals surface area contributed by atoms with Gasteiger partial charge in [-0.05, 0) is 41.5 Å². The van der Waals surface area contributed by atoms with E-state index in [0.717, 1.165) is 0 Å². The highest BCUT2D eigenvalue weighted by molar-refractivity contribution is 7.93. The molecule has 0 atom stereocenters. The molecule has 21 heavy (non-hydrogen) atoms. The predicted molar refractivity (Wildman–Crippen MR) is 78.5 cm³/mol. The lowest BCUT2D eigenvalue weighted by atomic mass is 10.3.